The van der Waals surface area contributed by atoms with Crippen LogP contribution in [0, 0.1) is 22.5 Å². The quantitative estimate of drug-likeness (QED) is 0.252. The third-order valence-corrected chi connectivity index (χ3v) is 6.26. The Balaban J connectivity index is 1.65. The number of nitrogens with one attached hydrogen (secondary N) is 1. The molecule has 1 amide bonds. The van der Waals surface area contributed by atoms with Gasteiger partial charge in [-0.25, -0.2) is 0 Å². The van der Waals surface area contributed by atoms with Gasteiger partial charge in [0.05, 0.1) is 35.0 Å². The Morgan fingerprint density at radius 3 is 2.71 bits per heavy atom. The number of ether oxygens (including phenoxy) is 2. The van der Waals surface area contributed by atoms with Crippen molar-refractivity contribution in [3.8, 4) is 23.8 Å². The summed E-state index contributed by atoms with van der Waals surface area (Å²) in [7, 11) is 1.49. The molecule has 9 heteroatoms. The number of terminal acetylenes is 1. The van der Waals surface area contributed by atoms with Gasteiger partial charge < -0.3 is 19.7 Å². The molecule has 2 aromatic rings. The second-order valence-electron chi connectivity index (χ2n) is 8.16. The van der Waals surface area contributed by atoms with E-state index in [1.165, 1.54) is 19.2 Å². The van der Waals surface area contributed by atoms with Gasteiger partial charge in [-0.1, -0.05) is 18.1 Å². The molecule has 8 nitrogen and oxygen atoms in total. The fourth-order valence-corrected chi connectivity index (χ4v) is 4.52. The molecule has 0 fully saturated rings. The predicted octanol–water partition coefficient (Wildman–Crippen LogP) is 5.02. The highest BCUT2D eigenvalue weighted by molar-refractivity contribution is 6.17. The minimum Gasteiger partial charge on any atom is -0.493 e. The number of allylic oxidation sites excluding steroid dienone is 2. The second kappa shape index (κ2) is 10.1. The lowest BCUT2D eigenvalue weighted by Crippen LogP contribution is -2.37. The van der Waals surface area contributed by atoms with Gasteiger partial charge in [-0.15, -0.1) is 18.0 Å². The molecule has 0 saturated heterocycles. The number of non-ortho nitro benzene ring substituents is 1. The highest BCUT2D eigenvalue weighted by atomic mass is 35.5. The van der Waals surface area contributed by atoms with Crippen LogP contribution in [0.25, 0.3) is 0 Å². The molecule has 1 atom stereocenters. The lowest BCUT2D eigenvalue weighted by molar-refractivity contribution is -0.385. The molecule has 1 N–H and O–H groups in total. The number of alkyl halides is 1. The number of halogens is 1. The minimum atomic E-state index is -0.466. The third-order valence-electron chi connectivity index (χ3n) is 5.95. The molecule has 2 aromatic carbocycles. The number of methoxy groups -OCH3 is 1. The zero-order valence-corrected chi connectivity index (χ0v) is 20.1. The molecule has 0 aromatic heterocycles. The monoisotopic (exact) mass is 493 g/mol. The normalized spacial score (nSPS) is 16.9. The van der Waals surface area contributed by atoms with Crippen molar-refractivity contribution < 1.29 is 19.2 Å². The molecule has 0 bridgehead atoms. The fourth-order valence-electron chi connectivity index (χ4n) is 4.37. The summed E-state index contributed by atoms with van der Waals surface area (Å²) in [6, 6.07) is 7.88. The van der Waals surface area contributed by atoms with E-state index in [4.69, 9.17) is 27.5 Å². The van der Waals surface area contributed by atoms with Crippen molar-refractivity contribution in [1.29, 1.82) is 0 Å². The Hall–Kier alpha value is -3.96. The Morgan fingerprint density at radius 2 is 2.06 bits per heavy atom. The largest absolute Gasteiger partial charge is 0.493 e. The van der Waals surface area contributed by atoms with Crippen molar-refractivity contribution in [3.05, 3.63) is 80.6 Å². The highest BCUT2D eigenvalue weighted by Gasteiger charge is 2.38. The van der Waals surface area contributed by atoms with Crippen LogP contribution < -0.4 is 14.8 Å². The number of hydrogen-bond donors (Lipinski definition) is 1. The van der Waals surface area contributed by atoms with E-state index in [1.807, 2.05) is 19.1 Å². The second-order valence-corrected chi connectivity index (χ2v) is 8.43. The summed E-state index contributed by atoms with van der Waals surface area (Å²) in [5, 5.41) is 14.6. The topological polar surface area (TPSA) is 93.9 Å². The molecule has 0 radical (unpaired) electrons. The number of carbonyl (C=O) groups excluding carboxylic acids is 1. The highest BCUT2D eigenvalue weighted by Crippen LogP contribution is 2.40. The van der Waals surface area contributed by atoms with Gasteiger partial charge in [0, 0.05) is 42.6 Å². The van der Waals surface area contributed by atoms with Gasteiger partial charge in [0.15, 0.2) is 11.5 Å². The number of benzene rings is 2. The van der Waals surface area contributed by atoms with Crippen LogP contribution in [0.3, 0.4) is 0 Å². The first-order chi connectivity index (χ1) is 16.9. The molecule has 2 heterocycles. The maximum Gasteiger partial charge on any atom is 0.270 e. The minimum absolute atomic E-state index is 0.0557. The summed E-state index contributed by atoms with van der Waals surface area (Å²) in [6.07, 6.45) is 10.0. The third kappa shape index (κ3) is 4.68. The van der Waals surface area contributed by atoms with Gasteiger partial charge in [-0.05, 0) is 30.2 Å². The van der Waals surface area contributed by atoms with E-state index in [2.05, 4.69) is 11.2 Å². The van der Waals surface area contributed by atoms with E-state index in [1.54, 1.807) is 23.1 Å². The van der Waals surface area contributed by atoms with Gasteiger partial charge in [0.25, 0.3) is 11.6 Å². The molecular formula is C26H24ClN3O5. The molecule has 0 spiro atoms. The molecule has 0 unspecified atom stereocenters. The molecule has 2 aliphatic rings. The number of carbonyl (C=O) groups is 1. The van der Waals surface area contributed by atoms with E-state index in [0.717, 1.165) is 11.3 Å². The van der Waals surface area contributed by atoms with Crippen molar-refractivity contribution >= 4 is 28.9 Å². The zero-order chi connectivity index (χ0) is 25.1. The first-order valence-electron chi connectivity index (χ1n) is 11.0. The Bertz CT molecular complexity index is 1290. The number of nitro groups is 1. The van der Waals surface area contributed by atoms with Crippen LogP contribution in [0.5, 0.6) is 11.5 Å². The number of nitro benzene ring substituents is 1. The average molecular weight is 494 g/mol. The van der Waals surface area contributed by atoms with Crippen LogP contribution in [-0.2, 0) is 12.5 Å². The van der Waals surface area contributed by atoms with Crippen LogP contribution in [0.4, 0.5) is 11.4 Å². The Morgan fingerprint density at radius 1 is 1.29 bits per heavy atom. The van der Waals surface area contributed by atoms with Crippen LogP contribution in [0.1, 0.15) is 34.8 Å². The van der Waals surface area contributed by atoms with Crippen molar-refractivity contribution in [3.63, 3.8) is 0 Å². The average Bonchev–Trinajstić information content (AvgIpc) is 3.16. The van der Waals surface area contributed by atoms with E-state index >= 15 is 0 Å². The number of rotatable bonds is 7. The number of fused-ring (bicyclic) bond motifs is 2. The van der Waals surface area contributed by atoms with Crippen LogP contribution in [0.15, 0.2) is 53.8 Å². The summed E-state index contributed by atoms with van der Waals surface area (Å²) < 4.78 is 11.5. The maximum atomic E-state index is 13.6. The molecule has 35 heavy (non-hydrogen) atoms. The van der Waals surface area contributed by atoms with Crippen LogP contribution in [0.2, 0.25) is 0 Å². The molecule has 0 aliphatic carbocycles. The molecule has 0 saturated carbocycles. The van der Waals surface area contributed by atoms with Crippen LogP contribution >= 0.6 is 11.6 Å². The smallest absolute Gasteiger partial charge is 0.270 e. The SMILES string of the molecule is C#CC1=C(/C=C\C)N2C(=O)c3cc(OC)c(OCc4cc(CCl)cc([N+](=O)[O-])c4)cc3NC[C@@H]2C1. The first kappa shape index (κ1) is 24.2. The first-order valence-corrected chi connectivity index (χ1v) is 11.5. The molecule has 2 aliphatic heterocycles. The summed E-state index contributed by atoms with van der Waals surface area (Å²) >= 11 is 5.89. The molecule has 180 valence electrons. The molecule has 4 rings (SSSR count). The van der Waals surface area contributed by atoms with Crippen molar-refractivity contribution in [2.75, 3.05) is 19.0 Å². The van der Waals surface area contributed by atoms with Gasteiger partial charge >= 0.3 is 0 Å². The van der Waals surface area contributed by atoms with Crippen molar-refractivity contribution in [2.24, 2.45) is 0 Å². The summed E-state index contributed by atoms with van der Waals surface area (Å²) in [4.78, 5) is 26.1. The van der Waals surface area contributed by atoms with E-state index in [9.17, 15) is 14.9 Å². The van der Waals surface area contributed by atoms with E-state index in [0.29, 0.717) is 46.8 Å². The molecular weight excluding hydrogens is 470 g/mol. The number of anilines is 1. The van der Waals surface area contributed by atoms with E-state index in [-0.39, 0.29) is 30.1 Å². The fraction of sp³-hybridized carbons (Fsp3) is 0.269. The summed E-state index contributed by atoms with van der Waals surface area (Å²) in [5.74, 6) is 3.45. The predicted molar refractivity (Wildman–Crippen MR) is 134 cm³/mol. The summed E-state index contributed by atoms with van der Waals surface area (Å²) in [5.41, 5.74) is 3.75. The number of nitrogens with zero attached hydrogens (tertiary/aromatic N) is 2. The standard InChI is InChI=1S/C26H24ClN3O5/c1-4-6-23-18(5-2)10-20-14-28-22-12-25(24(34-3)11-21(22)26(31)29(20)23)35-15-17-7-16(13-27)8-19(9-17)30(32)33/h2,4,6-9,11-12,20,28H,10,13-15H2,1,3H3/b6-4-/t20-/m0/s1. The lowest BCUT2D eigenvalue weighted by Gasteiger charge is -2.24. The Labute approximate surface area is 208 Å². The van der Waals surface area contributed by atoms with Crippen molar-refractivity contribution in [1.82, 2.24) is 4.90 Å². The lowest BCUT2D eigenvalue weighted by atomic mass is 10.1. The summed E-state index contributed by atoms with van der Waals surface area (Å²) in [6.45, 7) is 2.46. The zero-order valence-electron chi connectivity index (χ0n) is 19.3. The van der Waals surface area contributed by atoms with E-state index < -0.39 is 4.92 Å². The van der Waals surface area contributed by atoms with Gasteiger partial charge in [-0.3, -0.25) is 14.9 Å². The van der Waals surface area contributed by atoms with Crippen molar-refractivity contribution in [2.45, 2.75) is 31.9 Å². The maximum absolute atomic E-state index is 13.6. The van der Waals surface area contributed by atoms with Gasteiger partial charge in [-0.2, -0.15) is 0 Å². The Kier molecular flexibility index (Phi) is 6.99. The number of amides is 1. The number of hydrogen-bond acceptors (Lipinski definition) is 6. The van der Waals surface area contributed by atoms with Crippen LogP contribution in [-0.4, -0.2) is 35.4 Å². The van der Waals surface area contributed by atoms with Gasteiger partial charge in [0.2, 0.25) is 0 Å². The van der Waals surface area contributed by atoms with Gasteiger partial charge in [0.1, 0.15) is 6.61 Å².